The second-order valence-corrected chi connectivity index (χ2v) is 5.53. The highest BCUT2D eigenvalue weighted by Crippen LogP contribution is 2.31. The van der Waals surface area contributed by atoms with Crippen LogP contribution >= 0.6 is 34.3 Å². The molecule has 0 aliphatic carbocycles. The van der Waals surface area contributed by atoms with E-state index in [-0.39, 0.29) is 0 Å². The highest BCUT2D eigenvalue weighted by Gasteiger charge is 2.20. The summed E-state index contributed by atoms with van der Waals surface area (Å²) in [5, 5.41) is 2.75. The van der Waals surface area contributed by atoms with Crippen molar-refractivity contribution < 1.29 is 9.53 Å². The number of ether oxygens (including phenoxy) is 1. The SMILES string of the molecule is COC(=O)c1sc(Cl)nc1-c1csc(C)n1. The first-order valence-corrected chi connectivity index (χ1v) is 6.36. The van der Waals surface area contributed by atoms with Crippen molar-refractivity contribution in [3.05, 3.63) is 19.7 Å². The number of hydrogen-bond donors (Lipinski definition) is 0. The van der Waals surface area contributed by atoms with Gasteiger partial charge >= 0.3 is 5.97 Å². The summed E-state index contributed by atoms with van der Waals surface area (Å²) in [6, 6.07) is 0. The minimum Gasteiger partial charge on any atom is -0.465 e. The van der Waals surface area contributed by atoms with Gasteiger partial charge in [0.05, 0.1) is 12.1 Å². The molecule has 0 amide bonds. The lowest BCUT2D eigenvalue weighted by Crippen LogP contribution is -2.00. The molecule has 0 radical (unpaired) electrons. The first kappa shape index (κ1) is 11.5. The number of carbonyl (C=O) groups excluding carboxylic acids is 1. The minimum absolute atomic E-state index is 0.307. The van der Waals surface area contributed by atoms with Gasteiger partial charge in [0, 0.05) is 5.38 Å². The molecule has 2 aromatic rings. The third-order valence-corrected chi connectivity index (χ3v) is 3.75. The van der Waals surface area contributed by atoms with Crippen LogP contribution in [0.2, 0.25) is 4.47 Å². The van der Waals surface area contributed by atoms with Crippen molar-refractivity contribution in [2.75, 3.05) is 7.11 Å². The molecule has 0 unspecified atom stereocenters. The maximum Gasteiger partial charge on any atom is 0.350 e. The Hall–Kier alpha value is -0.980. The Morgan fingerprint density at radius 2 is 2.25 bits per heavy atom. The lowest BCUT2D eigenvalue weighted by atomic mass is 10.3. The zero-order valence-corrected chi connectivity index (χ0v) is 10.9. The zero-order valence-electron chi connectivity index (χ0n) is 8.48. The van der Waals surface area contributed by atoms with E-state index >= 15 is 0 Å². The largest absolute Gasteiger partial charge is 0.465 e. The van der Waals surface area contributed by atoms with Crippen molar-refractivity contribution >= 4 is 40.2 Å². The van der Waals surface area contributed by atoms with Crippen LogP contribution < -0.4 is 0 Å². The van der Waals surface area contributed by atoms with Crippen molar-refractivity contribution in [2.24, 2.45) is 0 Å². The van der Waals surface area contributed by atoms with Gasteiger partial charge in [0.1, 0.15) is 16.3 Å². The smallest absolute Gasteiger partial charge is 0.350 e. The van der Waals surface area contributed by atoms with E-state index in [9.17, 15) is 4.79 Å². The number of halogens is 1. The lowest BCUT2D eigenvalue weighted by molar-refractivity contribution is 0.0607. The van der Waals surface area contributed by atoms with Gasteiger partial charge < -0.3 is 4.74 Å². The maximum atomic E-state index is 11.5. The standard InChI is InChI=1S/C9H7ClN2O2S2/c1-4-11-5(3-15-4)6-7(8(13)14-2)16-9(10)12-6/h3H,1-2H3. The molecular weight excluding hydrogens is 268 g/mol. The second kappa shape index (κ2) is 4.48. The second-order valence-electron chi connectivity index (χ2n) is 2.89. The van der Waals surface area contributed by atoms with Crippen LogP contribution in [0, 0.1) is 6.92 Å². The fourth-order valence-electron chi connectivity index (χ4n) is 1.17. The van der Waals surface area contributed by atoms with Gasteiger partial charge in [-0.2, -0.15) is 0 Å². The number of thiazole rings is 2. The van der Waals surface area contributed by atoms with E-state index < -0.39 is 5.97 Å². The molecule has 0 fully saturated rings. The van der Waals surface area contributed by atoms with Crippen molar-refractivity contribution in [1.29, 1.82) is 0 Å². The van der Waals surface area contributed by atoms with Crippen LogP contribution in [-0.2, 0) is 4.74 Å². The molecule has 2 rings (SSSR count). The Morgan fingerprint density at radius 1 is 1.50 bits per heavy atom. The van der Waals surface area contributed by atoms with Gasteiger partial charge in [-0.1, -0.05) is 22.9 Å². The Labute approximate surface area is 105 Å². The van der Waals surface area contributed by atoms with E-state index in [0.717, 1.165) is 16.3 Å². The summed E-state index contributed by atoms with van der Waals surface area (Å²) in [7, 11) is 1.33. The van der Waals surface area contributed by atoms with Crippen molar-refractivity contribution in [2.45, 2.75) is 6.92 Å². The fraction of sp³-hybridized carbons (Fsp3) is 0.222. The van der Waals surface area contributed by atoms with E-state index in [0.29, 0.717) is 20.7 Å². The average Bonchev–Trinajstić information content (AvgIpc) is 2.83. The Morgan fingerprint density at radius 3 is 2.81 bits per heavy atom. The predicted molar refractivity (Wildman–Crippen MR) is 64.3 cm³/mol. The fourth-order valence-corrected chi connectivity index (χ4v) is 2.80. The molecule has 0 N–H and O–H groups in total. The van der Waals surface area contributed by atoms with Crippen LogP contribution in [0.1, 0.15) is 14.7 Å². The summed E-state index contributed by atoms with van der Waals surface area (Å²) >= 11 is 8.39. The first-order valence-electron chi connectivity index (χ1n) is 4.29. The Balaban J connectivity index is 2.52. The molecule has 0 aliphatic rings. The van der Waals surface area contributed by atoms with E-state index in [1.807, 2.05) is 12.3 Å². The zero-order chi connectivity index (χ0) is 11.7. The molecule has 0 bridgehead atoms. The summed E-state index contributed by atoms with van der Waals surface area (Å²) < 4.78 is 4.97. The molecule has 0 aromatic carbocycles. The van der Waals surface area contributed by atoms with Crippen LogP contribution in [0.4, 0.5) is 0 Å². The van der Waals surface area contributed by atoms with E-state index in [2.05, 4.69) is 14.7 Å². The van der Waals surface area contributed by atoms with Crippen LogP contribution in [-0.4, -0.2) is 23.0 Å². The molecule has 4 nitrogen and oxygen atoms in total. The van der Waals surface area contributed by atoms with Crippen LogP contribution in [0.3, 0.4) is 0 Å². The van der Waals surface area contributed by atoms with E-state index in [1.54, 1.807) is 0 Å². The van der Waals surface area contributed by atoms with Gasteiger partial charge in [0.15, 0.2) is 4.47 Å². The summed E-state index contributed by atoms with van der Waals surface area (Å²) in [5.74, 6) is -0.440. The molecule has 7 heteroatoms. The predicted octanol–water partition coefficient (Wildman–Crippen LogP) is 3.02. The topological polar surface area (TPSA) is 52.1 Å². The number of aromatic nitrogens is 2. The number of aryl methyl sites for hydroxylation is 1. The monoisotopic (exact) mass is 274 g/mol. The van der Waals surface area contributed by atoms with Crippen LogP contribution in [0.15, 0.2) is 5.38 Å². The molecule has 16 heavy (non-hydrogen) atoms. The van der Waals surface area contributed by atoms with Gasteiger partial charge in [0.25, 0.3) is 0 Å². The molecule has 0 atom stereocenters. The summed E-state index contributed by atoms with van der Waals surface area (Å²) in [4.78, 5) is 20.2. The van der Waals surface area contributed by atoms with Gasteiger partial charge in [0.2, 0.25) is 0 Å². The molecule has 0 saturated heterocycles. The summed E-state index contributed by atoms with van der Waals surface area (Å²) in [6.45, 7) is 1.89. The van der Waals surface area contributed by atoms with Gasteiger partial charge in [-0.25, -0.2) is 14.8 Å². The van der Waals surface area contributed by atoms with Gasteiger partial charge in [-0.05, 0) is 6.92 Å². The van der Waals surface area contributed by atoms with Crippen molar-refractivity contribution in [1.82, 2.24) is 9.97 Å². The molecule has 0 spiro atoms. The van der Waals surface area contributed by atoms with Gasteiger partial charge in [-0.3, -0.25) is 0 Å². The third-order valence-electron chi connectivity index (χ3n) is 1.83. The summed E-state index contributed by atoms with van der Waals surface area (Å²) in [5.41, 5.74) is 1.15. The Kier molecular flexibility index (Phi) is 3.22. The number of rotatable bonds is 2. The van der Waals surface area contributed by atoms with E-state index in [4.69, 9.17) is 11.6 Å². The molecule has 2 aromatic heterocycles. The number of hydrogen-bond acceptors (Lipinski definition) is 6. The third kappa shape index (κ3) is 2.09. The molecule has 2 heterocycles. The quantitative estimate of drug-likeness (QED) is 0.790. The van der Waals surface area contributed by atoms with Crippen LogP contribution in [0.5, 0.6) is 0 Å². The first-order chi connectivity index (χ1) is 7.61. The number of nitrogens with zero attached hydrogens (tertiary/aromatic N) is 2. The van der Waals surface area contributed by atoms with Crippen molar-refractivity contribution in [3.63, 3.8) is 0 Å². The summed E-state index contributed by atoms with van der Waals surface area (Å²) in [6.07, 6.45) is 0. The molecule has 84 valence electrons. The van der Waals surface area contributed by atoms with Gasteiger partial charge in [-0.15, -0.1) is 11.3 Å². The molecular formula is C9H7ClN2O2S2. The highest BCUT2D eigenvalue weighted by atomic mass is 35.5. The highest BCUT2D eigenvalue weighted by molar-refractivity contribution is 7.18. The Bertz CT molecular complexity index is 535. The normalized spacial score (nSPS) is 10.4. The number of carbonyl (C=O) groups is 1. The lowest BCUT2D eigenvalue weighted by Gasteiger charge is -1.96. The average molecular weight is 275 g/mol. The van der Waals surface area contributed by atoms with Crippen LogP contribution in [0.25, 0.3) is 11.4 Å². The molecule has 0 aliphatic heterocycles. The maximum absolute atomic E-state index is 11.5. The minimum atomic E-state index is -0.440. The molecule has 0 saturated carbocycles. The number of methoxy groups -OCH3 is 1. The van der Waals surface area contributed by atoms with Crippen molar-refractivity contribution in [3.8, 4) is 11.4 Å². The van der Waals surface area contributed by atoms with E-state index in [1.165, 1.54) is 18.4 Å². The number of esters is 1.